The molecule has 1 heterocycles. The summed E-state index contributed by atoms with van der Waals surface area (Å²) in [7, 11) is 0. The van der Waals surface area contributed by atoms with E-state index in [0.717, 1.165) is 0 Å². The third-order valence-electron chi connectivity index (χ3n) is 4.36. The Morgan fingerprint density at radius 2 is 1.69 bits per heavy atom. The van der Waals surface area contributed by atoms with Crippen molar-refractivity contribution in [3.8, 4) is 11.4 Å². The zero-order valence-electron chi connectivity index (χ0n) is 15.0. The van der Waals surface area contributed by atoms with Gasteiger partial charge in [-0.1, -0.05) is 24.3 Å². The lowest BCUT2D eigenvalue weighted by atomic mass is 10.1. The number of non-ortho nitro benzene ring substituents is 1. The van der Waals surface area contributed by atoms with Gasteiger partial charge >= 0.3 is 0 Å². The summed E-state index contributed by atoms with van der Waals surface area (Å²) in [5, 5.41) is 21.4. The molecule has 0 aliphatic rings. The van der Waals surface area contributed by atoms with Crippen molar-refractivity contribution in [2.24, 2.45) is 4.99 Å². The van der Waals surface area contributed by atoms with Crippen molar-refractivity contribution in [1.29, 1.82) is 0 Å². The molecule has 142 valence electrons. The molecule has 4 aromatic rings. The Labute approximate surface area is 164 Å². The van der Waals surface area contributed by atoms with Gasteiger partial charge in [0.05, 0.1) is 21.5 Å². The molecule has 4 rings (SSSR count). The van der Waals surface area contributed by atoms with Crippen LogP contribution in [-0.2, 0) is 0 Å². The maximum atomic E-state index is 12.5. The van der Waals surface area contributed by atoms with Crippen LogP contribution in [0.2, 0.25) is 0 Å². The molecular weight excluding hydrogens is 372 g/mol. The van der Waals surface area contributed by atoms with Gasteiger partial charge in [0.1, 0.15) is 0 Å². The normalized spacial score (nSPS) is 11.2. The molecule has 0 aliphatic heterocycles. The van der Waals surface area contributed by atoms with Crippen LogP contribution in [0, 0.1) is 10.1 Å². The number of fused-ring (bicyclic) bond motifs is 1. The predicted molar refractivity (Wildman–Crippen MR) is 109 cm³/mol. The lowest BCUT2D eigenvalue weighted by Crippen LogP contribution is -2.21. The summed E-state index contributed by atoms with van der Waals surface area (Å²) in [5.41, 5.74) is 1.50. The second-order valence-corrected chi connectivity index (χ2v) is 6.19. The summed E-state index contributed by atoms with van der Waals surface area (Å²) in [6.45, 7) is 0. The van der Waals surface area contributed by atoms with Crippen LogP contribution in [0.3, 0.4) is 0 Å². The van der Waals surface area contributed by atoms with E-state index in [0.29, 0.717) is 32.4 Å². The highest BCUT2D eigenvalue weighted by Gasteiger charge is 2.14. The van der Waals surface area contributed by atoms with Gasteiger partial charge in [-0.2, -0.15) is 0 Å². The van der Waals surface area contributed by atoms with Gasteiger partial charge in [-0.25, -0.2) is 4.98 Å². The SMILES string of the molecule is O=c1c2ccccc2nc(-c2ccccc2N=Cc2ccc([N+](=O)[O-])cc2)n1O. The number of aliphatic imine (C=N–C) groups is 1. The van der Waals surface area contributed by atoms with Gasteiger partial charge in [0.25, 0.3) is 11.2 Å². The molecule has 1 N–H and O–H groups in total. The highest BCUT2D eigenvalue weighted by atomic mass is 16.6. The van der Waals surface area contributed by atoms with E-state index in [1.807, 2.05) is 0 Å². The molecule has 8 nitrogen and oxygen atoms in total. The average molecular weight is 386 g/mol. The summed E-state index contributed by atoms with van der Waals surface area (Å²) in [6, 6.07) is 19.7. The van der Waals surface area contributed by atoms with Crippen LogP contribution in [0.25, 0.3) is 22.3 Å². The van der Waals surface area contributed by atoms with Crippen molar-refractivity contribution in [3.63, 3.8) is 0 Å². The fraction of sp³-hybridized carbons (Fsp3) is 0. The van der Waals surface area contributed by atoms with E-state index in [-0.39, 0.29) is 11.5 Å². The Hall–Kier alpha value is -4.33. The maximum absolute atomic E-state index is 12.5. The van der Waals surface area contributed by atoms with E-state index < -0.39 is 10.5 Å². The number of nitro benzene ring substituents is 1. The number of hydrogen-bond acceptors (Lipinski definition) is 6. The highest BCUT2D eigenvalue weighted by molar-refractivity contribution is 5.86. The average Bonchev–Trinajstić information content (AvgIpc) is 2.75. The lowest BCUT2D eigenvalue weighted by molar-refractivity contribution is -0.384. The summed E-state index contributed by atoms with van der Waals surface area (Å²) >= 11 is 0. The molecule has 8 heteroatoms. The molecule has 0 atom stereocenters. The Morgan fingerprint density at radius 3 is 2.45 bits per heavy atom. The Kier molecular flexibility index (Phi) is 4.58. The summed E-state index contributed by atoms with van der Waals surface area (Å²) in [5.74, 6) is 0.0742. The van der Waals surface area contributed by atoms with Crippen molar-refractivity contribution in [3.05, 3.63) is 98.8 Å². The standard InChI is InChI=1S/C21H14N4O4/c26-21-17-6-2-4-8-19(17)23-20(24(21)27)16-5-1-3-7-18(16)22-13-14-9-11-15(12-10-14)25(28)29/h1-13,27H. The topological polar surface area (TPSA) is 111 Å². The van der Waals surface area contributed by atoms with Crippen LogP contribution in [-0.4, -0.2) is 26.1 Å². The van der Waals surface area contributed by atoms with Gasteiger partial charge in [-0.05, 0) is 42.0 Å². The zero-order chi connectivity index (χ0) is 20.4. The molecule has 0 spiro atoms. The van der Waals surface area contributed by atoms with E-state index in [2.05, 4.69) is 9.98 Å². The largest absolute Gasteiger partial charge is 0.423 e. The van der Waals surface area contributed by atoms with Gasteiger partial charge in [0.2, 0.25) is 0 Å². The second-order valence-electron chi connectivity index (χ2n) is 6.19. The van der Waals surface area contributed by atoms with Gasteiger partial charge in [-0.15, -0.1) is 4.73 Å². The number of benzene rings is 3. The molecule has 0 saturated carbocycles. The molecule has 0 fully saturated rings. The molecule has 0 amide bonds. The van der Waals surface area contributed by atoms with Gasteiger partial charge in [0, 0.05) is 23.9 Å². The molecule has 0 unspecified atom stereocenters. The minimum atomic E-state index is -0.570. The number of nitrogens with zero attached hydrogens (tertiary/aromatic N) is 4. The van der Waals surface area contributed by atoms with Crippen LogP contribution in [0.5, 0.6) is 0 Å². The molecule has 3 aromatic carbocycles. The van der Waals surface area contributed by atoms with Crippen LogP contribution in [0.4, 0.5) is 11.4 Å². The minimum Gasteiger partial charge on any atom is -0.423 e. The Balaban J connectivity index is 1.78. The number of nitro groups is 1. The van der Waals surface area contributed by atoms with Crippen LogP contribution in [0.15, 0.2) is 82.6 Å². The van der Waals surface area contributed by atoms with Gasteiger partial charge in [0.15, 0.2) is 5.82 Å². The molecular formula is C21H14N4O4. The first-order valence-electron chi connectivity index (χ1n) is 8.63. The monoisotopic (exact) mass is 386 g/mol. The Bertz CT molecular complexity index is 1310. The smallest absolute Gasteiger partial charge is 0.294 e. The number of aromatic nitrogens is 2. The molecule has 0 bridgehead atoms. The molecule has 29 heavy (non-hydrogen) atoms. The zero-order valence-corrected chi connectivity index (χ0v) is 15.0. The van der Waals surface area contributed by atoms with Crippen molar-refractivity contribution >= 4 is 28.5 Å². The molecule has 0 aliphatic carbocycles. The van der Waals surface area contributed by atoms with Gasteiger partial charge in [-0.3, -0.25) is 19.9 Å². The first-order valence-corrected chi connectivity index (χ1v) is 8.63. The predicted octanol–water partition coefficient (Wildman–Crippen LogP) is 3.96. The third-order valence-corrected chi connectivity index (χ3v) is 4.36. The fourth-order valence-corrected chi connectivity index (χ4v) is 2.90. The summed E-state index contributed by atoms with van der Waals surface area (Å²) in [6.07, 6.45) is 1.55. The Morgan fingerprint density at radius 1 is 1.00 bits per heavy atom. The summed E-state index contributed by atoms with van der Waals surface area (Å²) in [4.78, 5) is 31.6. The number of para-hydroxylation sites is 2. The second kappa shape index (κ2) is 7.35. The van der Waals surface area contributed by atoms with Crippen LogP contribution >= 0.6 is 0 Å². The van der Waals surface area contributed by atoms with Crippen LogP contribution < -0.4 is 5.56 Å². The third kappa shape index (κ3) is 3.46. The molecule has 1 aromatic heterocycles. The minimum absolute atomic E-state index is 0.00721. The lowest BCUT2D eigenvalue weighted by Gasteiger charge is -2.09. The van der Waals surface area contributed by atoms with Crippen molar-refractivity contribution in [1.82, 2.24) is 9.71 Å². The highest BCUT2D eigenvalue weighted by Crippen LogP contribution is 2.28. The van der Waals surface area contributed by atoms with Crippen LogP contribution in [0.1, 0.15) is 5.56 Å². The number of rotatable bonds is 4. The first-order chi connectivity index (χ1) is 14.0. The maximum Gasteiger partial charge on any atom is 0.294 e. The van der Waals surface area contributed by atoms with Crippen molar-refractivity contribution < 1.29 is 10.1 Å². The quantitative estimate of drug-likeness (QED) is 0.247. The van der Waals surface area contributed by atoms with Gasteiger partial charge < -0.3 is 5.21 Å². The van der Waals surface area contributed by atoms with E-state index in [9.17, 15) is 20.1 Å². The fourth-order valence-electron chi connectivity index (χ4n) is 2.90. The van der Waals surface area contributed by atoms with Crippen molar-refractivity contribution in [2.75, 3.05) is 0 Å². The number of hydrogen-bond donors (Lipinski definition) is 1. The van der Waals surface area contributed by atoms with E-state index in [1.54, 1.807) is 66.9 Å². The van der Waals surface area contributed by atoms with E-state index in [4.69, 9.17) is 0 Å². The summed E-state index contributed by atoms with van der Waals surface area (Å²) < 4.78 is 0.516. The first kappa shape index (κ1) is 18.1. The molecule has 0 radical (unpaired) electrons. The van der Waals surface area contributed by atoms with E-state index in [1.165, 1.54) is 12.1 Å². The van der Waals surface area contributed by atoms with E-state index >= 15 is 0 Å². The van der Waals surface area contributed by atoms with Crippen molar-refractivity contribution in [2.45, 2.75) is 0 Å². The molecule has 0 saturated heterocycles.